The Kier molecular flexibility index (Phi) is 4.54. The molecule has 5 nitrogen and oxygen atoms in total. The van der Waals surface area contributed by atoms with Crippen LogP contribution < -0.4 is 5.32 Å². The molecule has 0 aliphatic carbocycles. The average Bonchev–Trinajstić information content (AvgIpc) is 3.26. The van der Waals surface area contributed by atoms with Gasteiger partial charge in [-0.2, -0.15) is 18.3 Å². The van der Waals surface area contributed by atoms with E-state index in [1.807, 2.05) is 19.9 Å². The van der Waals surface area contributed by atoms with Gasteiger partial charge in [0.15, 0.2) is 17.5 Å². The van der Waals surface area contributed by atoms with Gasteiger partial charge in [-0.3, -0.25) is 5.10 Å². The predicted octanol–water partition coefficient (Wildman–Crippen LogP) is 5.71. The molecule has 28 heavy (non-hydrogen) atoms. The van der Waals surface area contributed by atoms with Crippen LogP contribution >= 0.6 is 11.3 Å². The van der Waals surface area contributed by atoms with E-state index in [2.05, 4.69) is 25.5 Å². The van der Waals surface area contributed by atoms with Gasteiger partial charge >= 0.3 is 6.18 Å². The standard InChI is InChI=1S/C19H16F3N5S/c1-3-11-9-14-16(28-11)18(24-15-8-10(2)26-27-15)25-17(23-14)12-6-4-5-7-13(12)19(20,21)22/h4-9H,3H2,1-2H3,(H2,23,24,25,26,27). The second-order valence-electron chi connectivity index (χ2n) is 6.28. The fourth-order valence-electron chi connectivity index (χ4n) is 2.89. The third-order valence-electron chi connectivity index (χ3n) is 4.20. The number of aromatic amines is 1. The Labute approximate surface area is 162 Å². The zero-order valence-electron chi connectivity index (χ0n) is 15.1. The molecule has 3 aromatic heterocycles. The Bertz CT molecular complexity index is 1150. The number of alkyl halides is 3. The first-order valence-electron chi connectivity index (χ1n) is 8.61. The number of aryl methyl sites for hydroxylation is 2. The van der Waals surface area contributed by atoms with E-state index >= 15 is 0 Å². The maximum atomic E-state index is 13.5. The first-order valence-corrected chi connectivity index (χ1v) is 9.43. The maximum absolute atomic E-state index is 13.5. The molecular formula is C19H16F3N5S. The normalized spacial score (nSPS) is 11.9. The van der Waals surface area contributed by atoms with Crippen LogP contribution in [0.5, 0.6) is 0 Å². The van der Waals surface area contributed by atoms with Crippen LogP contribution in [0.25, 0.3) is 21.6 Å². The molecule has 1 aromatic carbocycles. The summed E-state index contributed by atoms with van der Waals surface area (Å²) in [6.45, 7) is 3.88. The smallest absolute Gasteiger partial charge is 0.322 e. The van der Waals surface area contributed by atoms with Crippen molar-refractivity contribution in [3.05, 3.63) is 52.5 Å². The molecule has 4 rings (SSSR count). The summed E-state index contributed by atoms with van der Waals surface area (Å²) in [5.74, 6) is 1.00. The Morgan fingerprint density at radius 3 is 2.61 bits per heavy atom. The summed E-state index contributed by atoms with van der Waals surface area (Å²) in [5, 5.41) is 10.1. The highest BCUT2D eigenvalue weighted by atomic mass is 32.1. The number of fused-ring (bicyclic) bond motifs is 1. The average molecular weight is 403 g/mol. The van der Waals surface area contributed by atoms with E-state index in [0.29, 0.717) is 17.2 Å². The van der Waals surface area contributed by atoms with Crippen molar-refractivity contribution >= 4 is 33.2 Å². The Morgan fingerprint density at radius 1 is 1.14 bits per heavy atom. The van der Waals surface area contributed by atoms with E-state index in [1.54, 1.807) is 12.1 Å². The number of H-pyrrole nitrogens is 1. The fraction of sp³-hybridized carbons (Fsp3) is 0.211. The molecule has 0 aliphatic heterocycles. The summed E-state index contributed by atoms with van der Waals surface area (Å²) in [6.07, 6.45) is -3.69. The van der Waals surface area contributed by atoms with E-state index in [1.165, 1.54) is 23.5 Å². The number of halogens is 3. The lowest BCUT2D eigenvalue weighted by molar-refractivity contribution is -0.137. The predicted molar refractivity (Wildman–Crippen MR) is 104 cm³/mol. The summed E-state index contributed by atoms with van der Waals surface area (Å²) in [6, 6.07) is 9.02. The summed E-state index contributed by atoms with van der Waals surface area (Å²) in [5.41, 5.74) is 0.652. The molecule has 4 aromatic rings. The Morgan fingerprint density at radius 2 is 1.93 bits per heavy atom. The van der Waals surface area contributed by atoms with Crippen LogP contribution in [0.3, 0.4) is 0 Å². The Hall–Kier alpha value is -2.94. The summed E-state index contributed by atoms with van der Waals surface area (Å²) < 4.78 is 41.2. The molecule has 9 heteroatoms. The van der Waals surface area contributed by atoms with Gasteiger partial charge in [-0.25, -0.2) is 9.97 Å². The molecule has 0 fully saturated rings. The van der Waals surface area contributed by atoms with Crippen molar-refractivity contribution < 1.29 is 13.2 Å². The fourth-order valence-corrected chi connectivity index (χ4v) is 3.87. The number of aromatic nitrogens is 4. The van der Waals surface area contributed by atoms with Crippen molar-refractivity contribution in [1.82, 2.24) is 20.2 Å². The zero-order valence-corrected chi connectivity index (χ0v) is 15.9. The molecular weight excluding hydrogens is 387 g/mol. The van der Waals surface area contributed by atoms with Gasteiger partial charge in [-0.15, -0.1) is 11.3 Å². The molecule has 0 aliphatic rings. The van der Waals surface area contributed by atoms with E-state index in [-0.39, 0.29) is 11.4 Å². The number of hydrogen-bond acceptors (Lipinski definition) is 5. The van der Waals surface area contributed by atoms with Crippen molar-refractivity contribution in [2.24, 2.45) is 0 Å². The van der Waals surface area contributed by atoms with E-state index in [4.69, 9.17) is 0 Å². The molecule has 0 spiro atoms. The summed E-state index contributed by atoms with van der Waals surface area (Å²) in [4.78, 5) is 9.93. The van der Waals surface area contributed by atoms with Crippen molar-refractivity contribution in [2.45, 2.75) is 26.4 Å². The van der Waals surface area contributed by atoms with Gasteiger partial charge < -0.3 is 5.32 Å². The number of nitrogens with one attached hydrogen (secondary N) is 2. The highest BCUT2D eigenvalue weighted by Crippen LogP contribution is 2.38. The highest BCUT2D eigenvalue weighted by Gasteiger charge is 2.34. The SMILES string of the molecule is CCc1cc2nc(-c3ccccc3C(F)(F)F)nc(Nc3cc(C)[nH]n3)c2s1. The highest BCUT2D eigenvalue weighted by molar-refractivity contribution is 7.19. The molecule has 0 saturated carbocycles. The number of anilines is 2. The van der Waals surface area contributed by atoms with Gasteiger partial charge in [-0.05, 0) is 25.5 Å². The van der Waals surface area contributed by atoms with Gasteiger partial charge in [0.1, 0.15) is 0 Å². The van der Waals surface area contributed by atoms with Gasteiger partial charge in [-0.1, -0.05) is 25.1 Å². The first kappa shape index (κ1) is 18.4. The van der Waals surface area contributed by atoms with Crippen molar-refractivity contribution in [1.29, 1.82) is 0 Å². The van der Waals surface area contributed by atoms with E-state index < -0.39 is 11.7 Å². The molecule has 0 atom stereocenters. The minimum atomic E-state index is -4.50. The number of rotatable bonds is 4. The lowest BCUT2D eigenvalue weighted by atomic mass is 10.1. The van der Waals surface area contributed by atoms with Crippen LogP contribution in [0, 0.1) is 6.92 Å². The van der Waals surface area contributed by atoms with Crippen molar-refractivity contribution in [2.75, 3.05) is 5.32 Å². The molecule has 0 amide bonds. The van der Waals surface area contributed by atoms with Crippen LogP contribution in [-0.2, 0) is 12.6 Å². The van der Waals surface area contributed by atoms with Crippen molar-refractivity contribution in [3.63, 3.8) is 0 Å². The van der Waals surface area contributed by atoms with Crippen LogP contribution in [0.1, 0.15) is 23.1 Å². The number of benzene rings is 1. The van der Waals surface area contributed by atoms with Crippen LogP contribution in [0.15, 0.2) is 36.4 Å². The molecule has 0 bridgehead atoms. The second-order valence-corrected chi connectivity index (χ2v) is 7.42. The van der Waals surface area contributed by atoms with Gasteiger partial charge in [0.2, 0.25) is 0 Å². The van der Waals surface area contributed by atoms with Crippen LogP contribution in [-0.4, -0.2) is 20.2 Å². The lowest BCUT2D eigenvalue weighted by Gasteiger charge is -2.13. The second kappa shape index (κ2) is 6.90. The van der Waals surface area contributed by atoms with Gasteiger partial charge in [0, 0.05) is 22.2 Å². The van der Waals surface area contributed by atoms with Gasteiger partial charge in [0.05, 0.1) is 15.8 Å². The third kappa shape index (κ3) is 3.45. The van der Waals surface area contributed by atoms with Crippen LogP contribution in [0.4, 0.5) is 24.8 Å². The third-order valence-corrected chi connectivity index (χ3v) is 5.47. The lowest BCUT2D eigenvalue weighted by Crippen LogP contribution is -2.08. The first-order chi connectivity index (χ1) is 13.3. The quantitative estimate of drug-likeness (QED) is 0.458. The van der Waals surface area contributed by atoms with E-state index in [0.717, 1.165) is 27.8 Å². The number of nitrogens with zero attached hydrogens (tertiary/aromatic N) is 3. The minimum absolute atomic E-state index is 0.0237. The van der Waals surface area contributed by atoms with Crippen molar-refractivity contribution in [3.8, 4) is 11.4 Å². The summed E-state index contributed by atoms with van der Waals surface area (Å²) >= 11 is 1.52. The largest absolute Gasteiger partial charge is 0.417 e. The molecule has 0 radical (unpaired) electrons. The molecule has 144 valence electrons. The number of thiophene rings is 1. The maximum Gasteiger partial charge on any atom is 0.417 e. The minimum Gasteiger partial charge on any atom is -0.322 e. The molecule has 0 saturated heterocycles. The molecule has 2 N–H and O–H groups in total. The number of hydrogen-bond donors (Lipinski definition) is 2. The Balaban J connectivity index is 1.91. The monoisotopic (exact) mass is 403 g/mol. The molecule has 0 unspecified atom stereocenters. The van der Waals surface area contributed by atoms with Crippen LogP contribution in [0.2, 0.25) is 0 Å². The zero-order chi connectivity index (χ0) is 19.9. The topological polar surface area (TPSA) is 66.5 Å². The summed E-state index contributed by atoms with van der Waals surface area (Å²) in [7, 11) is 0. The van der Waals surface area contributed by atoms with E-state index in [9.17, 15) is 13.2 Å². The molecule has 3 heterocycles. The van der Waals surface area contributed by atoms with Gasteiger partial charge in [0.25, 0.3) is 0 Å².